The Balaban J connectivity index is 2.04. The van der Waals surface area contributed by atoms with Crippen LogP contribution in [0.4, 0.5) is 32.0 Å². The van der Waals surface area contributed by atoms with Gasteiger partial charge in [-0.2, -0.15) is 36.5 Å². The maximum Gasteiger partial charge on any atom is 0.417 e. The minimum Gasteiger partial charge on any atom is -0.304 e. The summed E-state index contributed by atoms with van der Waals surface area (Å²) in [6, 6.07) is 12.3. The van der Waals surface area contributed by atoms with Gasteiger partial charge in [-0.25, -0.2) is 0 Å². The van der Waals surface area contributed by atoms with Crippen LogP contribution in [0.3, 0.4) is 0 Å². The molecule has 0 aliphatic heterocycles. The molecule has 0 aliphatic rings. The minimum absolute atomic E-state index is 0.307. The number of hydrogen-bond donors (Lipinski definition) is 0. The second-order valence-electron chi connectivity index (χ2n) is 6.92. The second kappa shape index (κ2) is 9.72. The first-order chi connectivity index (χ1) is 15.9. The van der Waals surface area contributed by atoms with Gasteiger partial charge in [-0.3, -0.25) is 9.59 Å². The Bertz CT molecular complexity index is 1270. The average Bonchev–Trinajstić information content (AvgIpc) is 2.76. The third-order valence-electron chi connectivity index (χ3n) is 4.45. The Morgan fingerprint density at radius 1 is 0.941 bits per heavy atom. The number of carbonyl (C=O) groups is 1. The zero-order valence-electron chi connectivity index (χ0n) is 16.9. The summed E-state index contributed by atoms with van der Waals surface area (Å²) < 4.78 is 79.3. The fourth-order valence-corrected chi connectivity index (χ4v) is 3.06. The normalized spacial score (nSPS) is 12.2. The van der Waals surface area contributed by atoms with Crippen molar-refractivity contribution >= 4 is 29.4 Å². The third kappa shape index (κ3) is 6.04. The lowest BCUT2D eigenvalue weighted by Gasteiger charge is -2.20. The number of carbonyl (C=O) groups excluding carboxylic acids is 1. The second-order valence-corrected chi connectivity index (χ2v) is 7.32. The first-order valence-corrected chi connectivity index (χ1v) is 9.80. The van der Waals surface area contributed by atoms with Crippen molar-refractivity contribution < 1.29 is 31.1 Å². The van der Waals surface area contributed by atoms with Crippen molar-refractivity contribution in [2.75, 3.05) is 5.01 Å². The molecule has 0 bridgehead atoms. The van der Waals surface area contributed by atoms with Gasteiger partial charge in [0.05, 0.1) is 23.0 Å². The molecular weight excluding hydrogens is 488 g/mol. The molecule has 1 heterocycles. The molecule has 5 nitrogen and oxygen atoms in total. The van der Waals surface area contributed by atoms with Crippen LogP contribution in [-0.2, 0) is 23.7 Å². The van der Waals surface area contributed by atoms with E-state index in [1.807, 2.05) is 0 Å². The highest BCUT2D eigenvalue weighted by molar-refractivity contribution is 6.30. The third-order valence-corrected chi connectivity index (χ3v) is 4.72. The lowest BCUT2D eigenvalue weighted by atomic mass is 10.2. The molecule has 0 N–H and O–H groups in total. The molecule has 1 aromatic heterocycles. The van der Waals surface area contributed by atoms with Crippen LogP contribution in [0.15, 0.2) is 76.8 Å². The summed E-state index contributed by atoms with van der Waals surface area (Å²) in [5, 5.41) is 3.72. The van der Waals surface area contributed by atoms with Crippen molar-refractivity contribution in [1.82, 2.24) is 4.57 Å². The molecule has 3 rings (SSSR count). The minimum atomic E-state index is -4.85. The molecule has 178 valence electrons. The van der Waals surface area contributed by atoms with Gasteiger partial charge in [-0.05, 0) is 29.8 Å². The predicted molar refractivity (Wildman–Crippen MR) is 114 cm³/mol. The SMILES string of the molecule is O=C(Cn1cc(C(F)(F)F)cc(Cl)c1=O)N(N=Cc1ccccc1)c1cccc(C(F)(F)F)c1. The Morgan fingerprint density at radius 2 is 1.59 bits per heavy atom. The van der Waals surface area contributed by atoms with Gasteiger partial charge < -0.3 is 4.57 Å². The van der Waals surface area contributed by atoms with Crippen LogP contribution < -0.4 is 10.6 Å². The Labute approximate surface area is 193 Å². The predicted octanol–water partition coefficient (Wildman–Crippen LogP) is 5.61. The van der Waals surface area contributed by atoms with E-state index in [1.54, 1.807) is 30.3 Å². The van der Waals surface area contributed by atoms with Crippen molar-refractivity contribution in [3.8, 4) is 0 Å². The maximum absolute atomic E-state index is 13.2. The number of anilines is 1. The molecule has 34 heavy (non-hydrogen) atoms. The number of aromatic nitrogens is 1. The monoisotopic (exact) mass is 501 g/mol. The molecule has 0 saturated heterocycles. The van der Waals surface area contributed by atoms with E-state index in [1.165, 1.54) is 6.21 Å². The van der Waals surface area contributed by atoms with Gasteiger partial charge in [0.2, 0.25) is 0 Å². The number of amides is 1. The quantitative estimate of drug-likeness (QED) is 0.259. The van der Waals surface area contributed by atoms with Crippen LogP contribution in [0.5, 0.6) is 0 Å². The Morgan fingerprint density at radius 3 is 2.21 bits per heavy atom. The number of hydrazone groups is 1. The van der Waals surface area contributed by atoms with Gasteiger partial charge in [-0.1, -0.05) is 48.0 Å². The molecule has 1 amide bonds. The molecule has 0 radical (unpaired) electrons. The van der Waals surface area contributed by atoms with E-state index >= 15 is 0 Å². The van der Waals surface area contributed by atoms with Crippen LogP contribution in [-0.4, -0.2) is 16.7 Å². The highest BCUT2D eigenvalue weighted by atomic mass is 35.5. The molecule has 0 saturated carbocycles. The standard InChI is InChI=1S/C22H14ClF6N3O2/c23-18-10-16(22(27,28)29)12-31(20(18)34)13-19(33)32(30-11-14-5-2-1-3-6-14)17-8-4-7-15(9-17)21(24,25)26/h1-12H,13H2. The lowest BCUT2D eigenvalue weighted by molar-refractivity contribution is -0.138. The van der Waals surface area contributed by atoms with Gasteiger partial charge >= 0.3 is 12.4 Å². The molecule has 0 spiro atoms. The van der Waals surface area contributed by atoms with Gasteiger partial charge in [0, 0.05) is 6.20 Å². The molecule has 12 heteroatoms. The van der Waals surface area contributed by atoms with E-state index in [0.29, 0.717) is 33.5 Å². The number of alkyl halides is 6. The molecule has 0 atom stereocenters. The van der Waals surface area contributed by atoms with E-state index in [-0.39, 0.29) is 5.69 Å². The van der Waals surface area contributed by atoms with Crippen LogP contribution in [0.2, 0.25) is 5.02 Å². The van der Waals surface area contributed by atoms with Crippen LogP contribution in [0.1, 0.15) is 16.7 Å². The summed E-state index contributed by atoms with van der Waals surface area (Å²) >= 11 is 5.60. The number of hydrogen-bond acceptors (Lipinski definition) is 3. The first-order valence-electron chi connectivity index (χ1n) is 9.42. The first kappa shape index (κ1) is 25.0. The molecule has 0 aliphatic carbocycles. The lowest BCUT2D eigenvalue weighted by Crippen LogP contribution is -2.34. The summed E-state index contributed by atoms with van der Waals surface area (Å²) in [5.74, 6) is -1.08. The van der Waals surface area contributed by atoms with Crippen molar-refractivity contribution in [2.45, 2.75) is 18.9 Å². The largest absolute Gasteiger partial charge is 0.417 e. The number of nitrogens with zero attached hydrogens (tertiary/aromatic N) is 3. The number of rotatable bonds is 5. The van der Waals surface area contributed by atoms with Crippen LogP contribution in [0.25, 0.3) is 0 Å². The molecular formula is C22H14ClF6N3O2. The van der Waals surface area contributed by atoms with E-state index in [2.05, 4.69) is 5.10 Å². The topological polar surface area (TPSA) is 54.7 Å². The highest BCUT2D eigenvalue weighted by Crippen LogP contribution is 2.32. The fraction of sp³-hybridized carbons (Fsp3) is 0.136. The summed E-state index contributed by atoms with van der Waals surface area (Å²) in [4.78, 5) is 25.2. The highest BCUT2D eigenvalue weighted by Gasteiger charge is 2.33. The number of benzene rings is 2. The molecule has 3 aromatic rings. The van der Waals surface area contributed by atoms with Crippen molar-refractivity contribution in [3.63, 3.8) is 0 Å². The summed E-state index contributed by atoms with van der Waals surface area (Å²) in [6.07, 6.45) is -7.99. The average molecular weight is 502 g/mol. The zero-order chi connectivity index (χ0) is 25.1. The van der Waals surface area contributed by atoms with E-state index in [9.17, 15) is 35.9 Å². The fourth-order valence-electron chi connectivity index (χ4n) is 2.84. The number of halogens is 7. The van der Waals surface area contributed by atoms with Gasteiger partial charge in [0.1, 0.15) is 11.6 Å². The Hall–Kier alpha value is -3.60. The molecule has 2 aromatic carbocycles. The van der Waals surface area contributed by atoms with Crippen molar-refractivity contribution in [2.24, 2.45) is 5.10 Å². The summed E-state index contributed by atoms with van der Waals surface area (Å²) in [7, 11) is 0. The van der Waals surface area contributed by atoms with Crippen LogP contribution >= 0.6 is 11.6 Å². The number of pyridine rings is 1. The van der Waals surface area contributed by atoms with Crippen LogP contribution in [0, 0.1) is 0 Å². The van der Waals surface area contributed by atoms with Gasteiger partial charge in [0.15, 0.2) is 0 Å². The summed E-state index contributed by atoms with van der Waals surface area (Å²) in [6.45, 7) is -0.967. The van der Waals surface area contributed by atoms with E-state index < -0.39 is 46.5 Å². The maximum atomic E-state index is 13.2. The van der Waals surface area contributed by atoms with Crippen molar-refractivity contribution in [3.05, 3.63) is 98.9 Å². The van der Waals surface area contributed by atoms with E-state index in [0.717, 1.165) is 18.2 Å². The van der Waals surface area contributed by atoms with Gasteiger partial charge in [0.25, 0.3) is 11.5 Å². The smallest absolute Gasteiger partial charge is 0.304 e. The molecule has 0 unspecified atom stereocenters. The molecule has 0 fully saturated rings. The van der Waals surface area contributed by atoms with E-state index in [4.69, 9.17) is 11.6 Å². The Kier molecular flexibility index (Phi) is 7.15. The van der Waals surface area contributed by atoms with Crippen molar-refractivity contribution in [1.29, 1.82) is 0 Å². The summed E-state index contributed by atoms with van der Waals surface area (Å²) in [5.41, 5.74) is -3.25. The van der Waals surface area contributed by atoms with Gasteiger partial charge in [-0.15, -0.1) is 0 Å². The zero-order valence-corrected chi connectivity index (χ0v) is 17.7.